The zero-order valence-corrected chi connectivity index (χ0v) is 19.7. The average molecular weight is 458 g/mol. The number of benzene rings is 2. The lowest BCUT2D eigenvalue weighted by Crippen LogP contribution is -2.69. The van der Waals surface area contributed by atoms with E-state index in [1.165, 1.54) is 17.0 Å². The molecule has 1 unspecified atom stereocenters. The first-order valence-electron chi connectivity index (χ1n) is 10.9. The first kappa shape index (κ1) is 23.9. The number of piperazine rings is 1. The lowest BCUT2D eigenvalue weighted by Gasteiger charge is -2.46. The Morgan fingerprint density at radius 2 is 1.75 bits per heavy atom. The van der Waals surface area contributed by atoms with Gasteiger partial charge < -0.3 is 10.2 Å². The van der Waals surface area contributed by atoms with Crippen LogP contribution in [0.3, 0.4) is 0 Å². The third kappa shape index (κ3) is 5.02. The molecule has 3 rings (SSSR count). The molecule has 0 radical (unpaired) electrons. The predicted octanol–water partition coefficient (Wildman–Crippen LogP) is 2.70. The van der Waals surface area contributed by atoms with Gasteiger partial charge in [0, 0.05) is 19.6 Å². The van der Waals surface area contributed by atoms with Crippen LogP contribution in [0.1, 0.15) is 37.8 Å². The van der Waals surface area contributed by atoms with Gasteiger partial charge in [-0.05, 0) is 38.0 Å². The Morgan fingerprint density at radius 1 is 1.09 bits per heavy atom. The highest BCUT2D eigenvalue weighted by Gasteiger charge is 2.50. The van der Waals surface area contributed by atoms with Crippen LogP contribution in [0.2, 0.25) is 0 Å². The van der Waals surface area contributed by atoms with E-state index in [1.807, 2.05) is 44.2 Å². The van der Waals surface area contributed by atoms with E-state index >= 15 is 0 Å². The number of hydrogen-bond donors (Lipinski definition) is 1. The van der Waals surface area contributed by atoms with Crippen LogP contribution in [0.25, 0.3) is 0 Å². The first-order chi connectivity index (χ1) is 15.2. The van der Waals surface area contributed by atoms with Crippen LogP contribution < -0.4 is 5.32 Å². The molecule has 0 bridgehead atoms. The van der Waals surface area contributed by atoms with Gasteiger partial charge in [-0.2, -0.15) is 4.31 Å². The van der Waals surface area contributed by atoms with Gasteiger partial charge in [0.15, 0.2) is 0 Å². The first-order valence-corrected chi connectivity index (χ1v) is 12.3. The molecular weight excluding hydrogens is 426 g/mol. The van der Waals surface area contributed by atoms with Gasteiger partial charge in [0.2, 0.25) is 21.8 Å². The minimum atomic E-state index is -3.92. The van der Waals surface area contributed by atoms with Crippen molar-refractivity contribution in [3.63, 3.8) is 0 Å². The maximum atomic E-state index is 13.3. The molecule has 0 saturated carbocycles. The van der Waals surface area contributed by atoms with E-state index in [-0.39, 0.29) is 29.8 Å². The Hall–Kier alpha value is -2.71. The number of amides is 2. The van der Waals surface area contributed by atoms with Gasteiger partial charge in [0.05, 0.1) is 11.4 Å². The van der Waals surface area contributed by atoms with Crippen LogP contribution in [0, 0.1) is 6.92 Å². The van der Waals surface area contributed by atoms with Crippen LogP contribution in [0.15, 0.2) is 59.5 Å². The maximum Gasteiger partial charge on any atom is 0.247 e. The van der Waals surface area contributed by atoms with Crippen molar-refractivity contribution >= 4 is 21.8 Å². The molecule has 32 heavy (non-hydrogen) atoms. The summed E-state index contributed by atoms with van der Waals surface area (Å²) in [6.07, 6.45) is 1.59. The highest BCUT2D eigenvalue weighted by atomic mass is 32.2. The molecule has 8 heteroatoms. The molecule has 0 spiro atoms. The molecule has 1 heterocycles. The van der Waals surface area contributed by atoms with Gasteiger partial charge in [0.1, 0.15) is 5.54 Å². The summed E-state index contributed by atoms with van der Waals surface area (Å²) in [4.78, 5) is 28.1. The minimum Gasteiger partial charge on any atom is -0.350 e. The largest absolute Gasteiger partial charge is 0.350 e. The SMILES string of the molecule is CCCCN1C(=O)CN(S(=O)(=O)c2ccc(C)cc2)CC1(C)C(=O)NCc1ccccc1. The molecule has 1 N–H and O–H groups in total. The highest BCUT2D eigenvalue weighted by Crippen LogP contribution is 2.28. The van der Waals surface area contributed by atoms with Crippen molar-refractivity contribution in [3.05, 3.63) is 65.7 Å². The zero-order chi connectivity index (χ0) is 23.4. The van der Waals surface area contributed by atoms with Crippen LogP contribution in [0.4, 0.5) is 0 Å². The molecule has 1 aliphatic heterocycles. The standard InChI is InChI=1S/C24H31N3O4S/c1-4-5-15-27-22(28)17-26(32(30,31)21-13-11-19(2)12-14-21)18-24(27,3)23(29)25-16-20-9-7-6-8-10-20/h6-14H,4-5,15-18H2,1-3H3,(H,25,29). The van der Waals surface area contributed by atoms with E-state index in [4.69, 9.17) is 0 Å². The molecule has 1 fully saturated rings. The molecule has 2 amide bonds. The number of unbranched alkanes of at least 4 members (excludes halogenated alkanes) is 1. The topological polar surface area (TPSA) is 86.8 Å². The number of nitrogens with one attached hydrogen (secondary N) is 1. The van der Waals surface area contributed by atoms with Crippen molar-refractivity contribution in [3.8, 4) is 0 Å². The van der Waals surface area contributed by atoms with E-state index in [9.17, 15) is 18.0 Å². The molecule has 7 nitrogen and oxygen atoms in total. The van der Waals surface area contributed by atoms with Crippen molar-refractivity contribution in [2.75, 3.05) is 19.6 Å². The number of carbonyl (C=O) groups excluding carboxylic acids is 2. The number of hydrogen-bond acceptors (Lipinski definition) is 4. The van der Waals surface area contributed by atoms with Gasteiger partial charge in [-0.15, -0.1) is 0 Å². The highest BCUT2D eigenvalue weighted by molar-refractivity contribution is 7.89. The molecule has 1 aliphatic rings. The third-order valence-electron chi connectivity index (χ3n) is 5.87. The maximum absolute atomic E-state index is 13.3. The molecule has 2 aromatic rings. The Balaban J connectivity index is 1.88. The Kier molecular flexibility index (Phi) is 7.36. The number of aryl methyl sites for hydroxylation is 1. The fourth-order valence-corrected chi connectivity index (χ4v) is 5.36. The van der Waals surface area contributed by atoms with E-state index in [1.54, 1.807) is 19.1 Å². The van der Waals surface area contributed by atoms with Gasteiger partial charge in [-0.1, -0.05) is 61.4 Å². The van der Waals surface area contributed by atoms with Crippen molar-refractivity contribution in [2.24, 2.45) is 0 Å². The zero-order valence-electron chi connectivity index (χ0n) is 18.9. The van der Waals surface area contributed by atoms with Gasteiger partial charge >= 0.3 is 0 Å². The van der Waals surface area contributed by atoms with Crippen LogP contribution in [-0.4, -0.2) is 54.6 Å². The molecule has 172 valence electrons. The van der Waals surface area contributed by atoms with Crippen molar-refractivity contribution < 1.29 is 18.0 Å². The monoisotopic (exact) mass is 457 g/mol. The fraction of sp³-hybridized carbons (Fsp3) is 0.417. The summed E-state index contributed by atoms with van der Waals surface area (Å²) in [7, 11) is -3.92. The molecule has 1 atom stereocenters. The smallest absolute Gasteiger partial charge is 0.247 e. The Morgan fingerprint density at radius 3 is 2.38 bits per heavy atom. The second kappa shape index (κ2) is 9.83. The number of carbonyl (C=O) groups is 2. The molecule has 2 aromatic carbocycles. The lowest BCUT2D eigenvalue weighted by molar-refractivity contribution is -0.152. The van der Waals surface area contributed by atoms with E-state index < -0.39 is 15.6 Å². The van der Waals surface area contributed by atoms with Gasteiger partial charge in [-0.3, -0.25) is 9.59 Å². The third-order valence-corrected chi connectivity index (χ3v) is 7.68. The minimum absolute atomic E-state index is 0.0979. The van der Waals surface area contributed by atoms with E-state index in [0.29, 0.717) is 13.1 Å². The summed E-state index contributed by atoms with van der Waals surface area (Å²) in [6, 6.07) is 16.0. The Labute approximate surface area is 190 Å². The molecular formula is C24H31N3O4S. The van der Waals surface area contributed by atoms with Crippen molar-refractivity contribution in [2.45, 2.75) is 50.6 Å². The van der Waals surface area contributed by atoms with Crippen molar-refractivity contribution in [1.82, 2.24) is 14.5 Å². The summed E-state index contributed by atoms with van der Waals surface area (Å²) < 4.78 is 27.7. The lowest BCUT2D eigenvalue weighted by atomic mass is 9.95. The van der Waals surface area contributed by atoms with Crippen LogP contribution in [0.5, 0.6) is 0 Å². The number of sulfonamides is 1. The number of nitrogens with zero attached hydrogens (tertiary/aromatic N) is 2. The van der Waals surface area contributed by atoms with Gasteiger partial charge in [-0.25, -0.2) is 8.42 Å². The summed E-state index contributed by atoms with van der Waals surface area (Å²) in [5, 5.41) is 2.90. The van der Waals surface area contributed by atoms with E-state index in [2.05, 4.69) is 5.32 Å². The molecule has 0 aliphatic carbocycles. The van der Waals surface area contributed by atoms with Crippen molar-refractivity contribution in [1.29, 1.82) is 0 Å². The summed E-state index contributed by atoms with van der Waals surface area (Å²) >= 11 is 0. The Bertz CT molecular complexity index is 1050. The fourth-order valence-electron chi connectivity index (χ4n) is 3.88. The summed E-state index contributed by atoms with van der Waals surface area (Å²) in [6.45, 7) is 5.87. The second-order valence-electron chi connectivity index (χ2n) is 8.43. The van der Waals surface area contributed by atoms with Crippen LogP contribution in [-0.2, 0) is 26.2 Å². The number of rotatable bonds is 8. The second-order valence-corrected chi connectivity index (χ2v) is 10.4. The van der Waals surface area contributed by atoms with Gasteiger partial charge in [0.25, 0.3) is 0 Å². The van der Waals surface area contributed by atoms with Crippen LogP contribution >= 0.6 is 0 Å². The quantitative estimate of drug-likeness (QED) is 0.660. The average Bonchev–Trinajstić information content (AvgIpc) is 2.77. The molecule has 1 saturated heterocycles. The normalized spacial score (nSPS) is 19.7. The summed E-state index contributed by atoms with van der Waals surface area (Å²) in [5.41, 5.74) is 0.558. The van der Waals surface area contributed by atoms with E-state index in [0.717, 1.165) is 28.3 Å². The summed E-state index contributed by atoms with van der Waals surface area (Å²) in [5.74, 6) is -0.729. The predicted molar refractivity (Wildman–Crippen MR) is 123 cm³/mol. The molecule has 0 aromatic heterocycles.